The first-order chi connectivity index (χ1) is 25.7. The fourth-order valence-corrected chi connectivity index (χ4v) is 7.97. The van der Waals surface area contributed by atoms with Gasteiger partial charge in [0.2, 0.25) is 0 Å². The van der Waals surface area contributed by atoms with Crippen LogP contribution >= 0.6 is 0 Å². The fraction of sp³-hybridized carbons (Fsp3) is 0. The molecule has 238 valence electrons. The van der Waals surface area contributed by atoms with Crippen LogP contribution < -0.4 is 0 Å². The molecule has 11 aromatic rings. The molecule has 0 aliphatic carbocycles. The zero-order valence-corrected chi connectivity index (χ0v) is 27.0. The predicted octanol–water partition coefficient (Wildman–Crippen LogP) is 9.13. The van der Waals surface area contributed by atoms with Crippen LogP contribution in [0.25, 0.3) is 134 Å². The monoisotopic (exact) mass is 664 g/mol. The molecule has 10 nitrogen and oxygen atoms in total. The predicted molar refractivity (Wildman–Crippen MR) is 208 cm³/mol. The smallest absolute Gasteiger partial charge is 0.120 e. The van der Waals surface area contributed by atoms with Gasteiger partial charge in [0.1, 0.15) is 33.1 Å². The number of para-hydroxylation sites is 2. The van der Waals surface area contributed by atoms with Crippen LogP contribution in [0, 0.1) is 0 Å². The Morgan fingerprint density at radius 3 is 1.37 bits per heavy atom. The number of rotatable bonds is 0. The van der Waals surface area contributed by atoms with Crippen molar-refractivity contribution in [2.75, 3.05) is 0 Å². The summed E-state index contributed by atoms with van der Waals surface area (Å²) in [6.07, 6.45) is 8.13. The molecule has 16 bridgehead atoms. The van der Waals surface area contributed by atoms with E-state index < -0.39 is 0 Å². The third-order valence-corrected chi connectivity index (χ3v) is 10.4. The highest BCUT2D eigenvalue weighted by Gasteiger charge is 2.22. The van der Waals surface area contributed by atoms with Crippen molar-refractivity contribution in [3.63, 3.8) is 0 Å². The van der Waals surface area contributed by atoms with E-state index in [1.165, 1.54) is 0 Å². The van der Waals surface area contributed by atoms with E-state index in [0.29, 0.717) is 38.6 Å². The molecule has 2 aliphatic rings. The summed E-state index contributed by atoms with van der Waals surface area (Å²) in [4.78, 5) is 49.6. The highest BCUT2D eigenvalue weighted by atomic mass is 14.9. The average Bonchev–Trinajstić information content (AvgIpc) is 4.01. The fourth-order valence-electron chi connectivity index (χ4n) is 7.97. The van der Waals surface area contributed by atoms with Crippen LogP contribution in [-0.2, 0) is 0 Å². The minimum absolute atomic E-state index is 0.600. The minimum atomic E-state index is 0.600. The van der Waals surface area contributed by atoms with E-state index in [1.54, 1.807) is 0 Å². The van der Waals surface area contributed by atoms with E-state index in [-0.39, 0.29) is 0 Å². The minimum Gasteiger partial charge on any atom is -0.355 e. The molecule has 2 aliphatic heterocycles. The molecule has 13 rings (SSSR count). The van der Waals surface area contributed by atoms with E-state index >= 15 is 0 Å². The van der Waals surface area contributed by atoms with Crippen molar-refractivity contribution in [3.8, 4) is 0 Å². The molecule has 9 heterocycles. The number of hydrogen-bond donors (Lipinski definition) is 2. The quantitative estimate of drug-likeness (QED) is 0.121. The molecular formula is C42H20N10. The largest absolute Gasteiger partial charge is 0.355 e. The van der Waals surface area contributed by atoms with Crippen molar-refractivity contribution < 1.29 is 0 Å². The van der Waals surface area contributed by atoms with E-state index in [0.717, 1.165) is 94.0 Å². The number of H-pyrrole nitrogens is 2. The molecule has 7 aromatic heterocycles. The number of benzene rings is 4. The second kappa shape index (κ2) is 9.20. The van der Waals surface area contributed by atoms with Gasteiger partial charge in [0.15, 0.2) is 0 Å². The van der Waals surface area contributed by atoms with Gasteiger partial charge in [-0.05, 0) is 85.0 Å². The molecule has 0 unspecified atom stereocenters. The molecule has 10 heteroatoms. The van der Waals surface area contributed by atoms with Crippen LogP contribution in [0.3, 0.4) is 0 Å². The van der Waals surface area contributed by atoms with Gasteiger partial charge < -0.3 is 9.97 Å². The van der Waals surface area contributed by atoms with Crippen LogP contribution in [0.2, 0.25) is 0 Å². The summed E-state index contributed by atoms with van der Waals surface area (Å²) in [5, 5.41) is 3.60. The van der Waals surface area contributed by atoms with Crippen molar-refractivity contribution >= 4 is 134 Å². The Bertz CT molecular complexity index is 3650. The van der Waals surface area contributed by atoms with Gasteiger partial charge in [0.05, 0.1) is 55.9 Å². The van der Waals surface area contributed by atoms with E-state index in [4.69, 9.17) is 39.9 Å². The van der Waals surface area contributed by atoms with Crippen LogP contribution in [0.4, 0.5) is 0 Å². The van der Waals surface area contributed by atoms with Crippen LogP contribution in [-0.4, -0.2) is 49.8 Å². The first-order valence-electron chi connectivity index (χ1n) is 17.0. The highest BCUT2D eigenvalue weighted by Crippen LogP contribution is 2.37. The summed E-state index contributed by atoms with van der Waals surface area (Å²) >= 11 is 0. The Labute approximate surface area is 291 Å². The molecule has 52 heavy (non-hydrogen) atoms. The molecule has 4 aromatic carbocycles. The summed E-state index contributed by atoms with van der Waals surface area (Å²) < 4.78 is 0. The molecule has 0 saturated carbocycles. The Morgan fingerprint density at radius 1 is 0.327 bits per heavy atom. The van der Waals surface area contributed by atoms with Crippen molar-refractivity contribution in [2.45, 2.75) is 0 Å². The van der Waals surface area contributed by atoms with Crippen LogP contribution in [0.15, 0.2) is 84.9 Å². The average molecular weight is 665 g/mol. The number of aromatic nitrogens is 10. The number of nitrogens with one attached hydrogen (secondary N) is 2. The van der Waals surface area contributed by atoms with Gasteiger partial charge in [-0.3, -0.25) is 0 Å². The third kappa shape index (κ3) is 3.47. The molecule has 0 atom stereocenters. The van der Waals surface area contributed by atoms with Gasteiger partial charge in [-0.25, -0.2) is 39.9 Å². The van der Waals surface area contributed by atoms with Crippen molar-refractivity contribution in [1.29, 1.82) is 0 Å². The van der Waals surface area contributed by atoms with Crippen molar-refractivity contribution in [3.05, 3.63) is 108 Å². The van der Waals surface area contributed by atoms with Gasteiger partial charge >= 0.3 is 0 Å². The molecule has 0 spiro atoms. The van der Waals surface area contributed by atoms with E-state index in [2.05, 4.69) is 52.4 Å². The highest BCUT2D eigenvalue weighted by molar-refractivity contribution is 6.24. The molecule has 0 amide bonds. The molecule has 2 N–H and O–H groups in total. The maximum atomic E-state index is 5.50. The van der Waals surface area contributed by atoms with Gasteiger partial charge in [0, 0.05) is 43.6 Å². The lowest BCUT2D eigenvalue weighted by molar-refractivity contribution is 1.32. The lowest BCUT2D eigenvalue weighted by atomic mass is 10.1. The Balaban J connectivity index is 1.38. The summed E-state index contributed by atoms with van der Waals surface area (Å²) in [7, 11) is 0. The Morgan fingerprint density at radius 2 is 0.769 bits per heavy atom. The zero-order valence-electron chi connectivity index (χ0n) is 27.0. The second-order valence-electron chi connectivity index (χ2n) is 13.4. The molecular weight excluding hydrogens is 645 g/mol. The number of fused-ring (bicyclic) bond motifs is 13. The maximum absolute atomic E-state index is 5.50. The maximum Gasteiger partial charge on any atom is 0.120 e. The first kappa shape index (κ1) is 26.4. The van der Waals surface area contributed by atoms with E-state index in [9.17, 15) is 0 Å². The third-order valence-electron chi connectivity index (χ3n) is 10.4. The van der Waals surface area contributed by atoms with Crippen LogP contribution in [0.5, 0.6) is 0 Å². The summed E-state index contributed by atoms with van der Waals surface area (Å²) in [5.74, 6) is 0. The van der Waals surface area contributed by atoms with Gasteiger partial charge in [0.25, 0.3) is 0 Å². The number of nitrogens with zero attached hydrogens (tertiary/aromatic N) is 8. The second-order valence-corrected chi connectivity index (χ2v) is 13.4. The lowest BCUT2D eigenvalue weighted by Gasteiger charge is -2.12. The van der Waals surface area contributed by atoms with Crippen molar-refractivity contribution in [2.24, 2.45) is 0 Å². The number of hydrogen-bond acceptors (Lipinski definition) is 8. The SMILES string of the molecule is C1=Cc2nc1cc1ccc([nH]1)c1ccc3c4nc(cc5ccc([nH]5)c5cccc6nc7c8nc9cccc2c9nc8c2nc1c3nc2c7nc65)C=C4. The normalized spacial score (nSPS) is 13.2. The zero-order chi connectivity index (χ0) is 33.7. The number of aromatic amines is 2. The molecule has 0 fully saturated rings. The lowest BCUT2D eigenvalue weighted by Crippen LogP contribution is -2.00. The molecule has 0 saturated heterocycles. The first-order valence-corrected chi connectivity index (χ1v) is 17.0. The topological polar surface area (TPSA) is 135 Å². The van der Waals surface area contributed by atoms with Gasteiger partial charge in [-0.1, -0.05) is 24.3 Å². The van der Waals surface area contributed by atoms with Gasteiger partial charge in [-0.15, -0.1) is 0 Å². The standard InChI is InChI=1S/C42H20N10/c1-3-23-27-13-7-19(43-27)17-21-9-15-29(45-21)25-11-12-26-30-16-10-22(46-30)18-20-8-14-28(44-20)24-4-2-6-32-34(24)50-40-38(48-32)37-39(49-33(23)31(5-1)47-37)41-42(40)52-36(26)35(25)51-41/h1-18,43,46H. The summed E-state index contributed by atoms with van der Waals surface area (Å²) in [5.41, 5.74) is 15.1. The Hall–Kier alpha value is -7.46. The summed E-state index contributed by atoms with van der Waals surface area (Å²) in [6, 6.07) is 28.6. The van der Waals surface area contributed by atoms with Gasteiger partial charge in [-0.2, -0.15) is 0 Å². The molecule has 0 radical (unpaired) electrons. The summed E-state index contributed by atoms with van der Waals surface area (Å²) in [6.45, 7) is 0. The van der Waals surface area contributed by atoms with Crippen LogP contribution in [0.1, 0.15) is 22.8 Å². The Kier molecular flexibility index (Phi) is 4.67. The van der Waals surface area contributed by atoms with Crippen molar-refractivity contribution in [1.82, 2.24) is 49.8 Å². The van der Waals surface area contributed by atoms with E-state index in [1.807, 2.05) is 66.8 Å².